The van der Waals surface area contributed by atoms with Gasteiger partial charge >= 0.3 is 0 Å². The first-order valence-corrected chi connectivity index (χ1v) is 3.63. The predicted octanol–water partition coefficient (Wildman–Crippen LogP) is 2.10. The third kappa shape index (κ3) is 0.588. The van der Waals surface area contributed by atoms with Gasteiger partial charge in [0.05, 0.1) is 0 Å². The molecule has 0 nitrogen and oxygen atoms in total. The van der Waals surface area contributed by atoms with Gasteiger partial charge in [-0.1, -0.05) is 0 Å². The van der Waals surface area contributed by atoms with Crippen LogP contribution in [0.3, 0.4) is 0 Å². The summed E-state index contributed by atoms with van der Waals surface area (Å²) in [6.45, 7) is 0. The maximum atomic E-state index is 12.4. The van der Waals surface area contributed by atoms with E-state index in [4.69, 9.17) is 0 Å². The smallest absolute Gasteiger partial charge is 0.206 e. The Morgan fingerprint density at radius 3 is 1.89 bits per heavy atom. The summed E-state index contributed by atoms with van der Waals surface area (Å²) in [5.74, 6) is -2.33. The lowest BCUT2D eigenvalue weighted by molar-refractivity contribution is 0.0333. The Morgan fingerprint density at radius 1 is 1.33 bits per heavy atom. The maximum absolute atomic E-state index is 12.4. The molecular formula is C6H8F2S. The van der Waals surface area contributed by atoms with Crippen molar-refractivity contribution >= 4 is 12.6 Å². The lowest BCUT2D eigenvalue weighted by Gasteiger charge is -2.32. The molecular weight excluding hydrogens is 142 g/mol. The van der Waals surface area contributed by atoms with Crippen LogP contribution in [0.25, 0.3) is 0 Å². The zero-order valence-electron chi connectivity index (χ0n) is 4.90. The van der Waals surface area contributed by atoms with Gasteiger partial charge in [0, 0.05) is 17.1 Å². The minimum Gasteiger partial charge on any atom is -0.206 e. The summed E-state index contributed by atoms with van der Waals surface area (Å²) in [6.07, 6.45) is 1.38. The highest BCUT2D eigenvalue weighted by Crippen LogP contribution is 2.71. The topological polar surface area (TPSA) is 0 Å². The Hall–Kier alpha value is 0.210. The van der Waals surface area contributed by atoms with Crippen molar-refractivity contribution in [3.63, 3.8) is 0 Å². The van der Waals surface area contributed by atoms with E-state index in [0.717, 1.165) is 0 Å². The van der Waals surface area contributed by atoms with Gasteiger partial charge in [0.2, 0.25) is 0 Å². The molecule has 0 heterocycles. The van der Waals surface area contributed by atoms with Crippen molar-refractivity contribution in [3.05, 3.63) is 0 Å². The molecule has 0 saturated heterocycles. The number of alkyl halides is 2. The van der Waals surface area contributed by atoms with Gasteiger partial charge in [0.25, 0.3) is 5.92 Å². The van der Waals surface area contributed by atoms with Crippen molar-refractivity contribution in [1.82, 2.24) is 0 Å². The van der Waals surface area contributed by atoms with Crippen molar-refractivity contribution in [3.8, 4) is 0 Å². The minimum absolute atomic E-state index is 0.122. The van der Waals surface area contributed by atoms with Crippen molar-refractivity contribution in [1.29, 1.82) is 0 Å². The van der Waals surface area contributed by atoms with Crippen molar-refractivity contribution < 1.29 is 8.78 Å². The zero-order valence-corrected chi connectivity index (χ0v) is 5.80. The quantitative estimate of drug-likeness (QED) is 0.502. The molecule has 2 fully saturated rings. The van der Waals surface area contributed by atoms with E-state index >= 15 is 0 Å². The third-order valence-electron chi connectivity index (χ3n) is 2.46. The molecule has 2 rings (SSSR count). The van der Waals surface area contributed by atoms with E-state index in [9.17, 15) is 8.78 Å². The molecule has 0 aliphatic heterocycles. The number of hydrogen-bond acceptors (Lipinski definition) is 1. The molecule has 1 spiro atoms. The first-order chi connectivity index (χ1) is 4.06. The van der Waals surface area contributed by atoms with Crippen LogP contribution >= 0.6 is 12.6 Å². The Labute approximate surface area is 58.0 Å². The molecule has 0 atom stereocenters. The molecule has 3 heteroatoms. The fourth-order valence-corrected chi connectivity index (χ4v) is 2.37. The Bertz CT molecular complexity index is 149. The van der Waals surface area contributed by atoms with Crippen LogP contribution in [0.2, 0.25) is 0 Å². The molecule has 0 aromatic carbocycles. The average molecular weight is 150 g/mol. The second-order valence-electron chi connectivity index (χ2n) is 3.22. The van der Waals surface area contributed by atoms with Crippen LogP contribution in [0.5, 0.6) is 0 Å². The summed E-state index contributed by atoms with van der Waals surface area (Å²) in [6, 6.07) is 0. The largest absolute Gasteiger partial charge is 0.254 e. The molecule has 9 heavy (non-hydrogen) atoms. The fraction of sp³-hybridized carbons (Fsp3) is 1.00. The summed E-state index contributed by atoms with van der Waals surface area (Å²) in [5, 5.41) is 0.248. The number of thiol groups is 1. The van der Waals surface area contributed by atoms with E-state index in [0.29, 0.717) is 12.8 Å². The second kappa shape index (κ2) is 1.29. The summed E-state index contributed by atoms with van der Waals surface area (Å²) in [7, 11) is 0. The van der Waals surface area contributed by atoms with E-state index in [1.165, 1.54) is 0 Å². The van der Waals surface area contributed by atoms with E-state index in [2.05, 4.69) is 12.6 Å². The van der Waals surface area contributed by atoms with Gasteiger partial charge in [-0.25, -0.2) is 8.78 Å². The monoisotopic (exact) mass is 150 g/mol. The molecule has 0 unspecified atom stereocenters. The first kappa shape index (κ1) is 5.96. The predicted molar refractivity (Wildman–Crippen MR) is 34.0 cm³/mol. The van der Waals surface area contributed by atoms with Crippen LogP contribution in [-0.4, -0.2) is 11.2 Å². The van der Waals surface area contributed by atoms with Crippen molar-refractivity contribution in [2.45, 2.75) is 30.4 Å². The highest BCUT2D eigenvalue weighted by atomic mass is 32.1. The van der Waals surface area contributed by atoms with Gasteiger partial charge < -0.3 is 0 Å². The molecule has 2 aliphatic rings. The van der Waals surface area contributed by atoms with Crippen LogP contribution in [0.15, 0.2) is 0 Å². The Kier molecular flexibility index (Phi) is 0.852. The van der Waals surface area contributed by atoms with Crippen molar-refractivity contribution in [2.75, 3.05) is 0 Å². The van der Waals surface area contributed by atoms with Gasteiger partial charge in [0.15, 0.2) is 0 Å². The zero-order chi connectivity index (χ0) is 6.70. The highest BCUT2D eigenvalue weighted by Gasteiger charge is 2.74. The molecule has 2 saturated carbocycles. The minimum atomic E-state index is -2.33. The second-order valence-corrected chi connectivity index (χ2v) is 3.95. The summed E-state index contributed by atoms with van der Waals surface area (Å²) in [5.41, 5.74) is -0.570. The van der Waals surface area contributed by atoms with E-state index in [-0.39, 0.29) is 11.7 Å². The molecule has 0 aromatic rings. The molecule has 0 radical (unpaired) electrons. The van der Waals surface area contributed by atoms with Gasteiger partial charge in [0.1, 0.15) is 0 Å². The maximum Gasteiger partial charge on any atom is 0.254 e. The van der Waals surface area contributed by atoms with Crippen LogP contribution in [-0.2, 0) is 0 Å². The van der Waals surface area contributed by atoms with Gasteiger partial charge in [-0.3, -0.25) is 0 Å². The number of rotatable bonds is 0. The first-order valence-electron chi connectivity index (χ1n) is 3.12. The lowest BCUT2D eigenvalue weighted by atomic mass is 9.80. The molecule has 0 aromatic heterocycles. The SMILES string of the molecule is FC1(F)CC12CC(S)C2. The van der Waals surface area contributed by atoms with Crippen molar-refractivity contribution in [2.24, 2.45) is 5.41 Å². The fourth-order valence-electron chi connectivity index (χ4n) is 1.67. The normalized spacial score (nSPS) is 53.0. The van der Waals surface area contributed by atoms with Gasteiger partial charge in [-0.05, 0) is 12.8 Å². The van der Waals surface area contributed by atoms with Crippen LogP contribution in [0, 0.1) is 5.41 Å². The third-order valence-corrected chi connectivity index (χ3v) is 2.83. The molecule has 0 N–H and O–H groups in total. The summed E-state index contributed by atoms with van der Waals surface area (Å²) < 4.78 is 24.7. The Morgan fingerprint density at radius 2 is 1.78 bits per heavy atom. The molecule has 52 valence electrons. The number of halogens is 2. The molecule has 0 amide bonds. The summed E-state index contributed by atoms with van der Waals surface area (Å²) >= 11 is 4.08. The highest BCUT2D eigenvalue weighted by molar-refractivity contribution is 7.81. The van der Waals surface area contributed by atoms with E-state index in [1.807, 2.05) is 0 Å². The molecule has 0 bridgehead atoms. The van der Waals surface area contributed by atoms with E-state index < -0.39 is 11.3 Å². The van der Waals surface area contributed by atoms with Gasteiger partial charge in [-0.15, -0.1) is 0 Å². The van der Waals surface area contributed by atoms with Crippen LogP contribution < -0.4 is 0 Å². The average Bonchev–Trinajstić information content (AvgIpc) is 2.06. The lowest BCUT2D eigenvalue weighted by Crippen LogP contribution is -2.30. The summed E-state index contributed by atoms with van der Waals surface area (Å²) in [4.78, 5) is 0. The van der Waals surface area contributed by atoms with Crippen LogP contribution in [0.1, 0.15) is 19.3 Å². The number of hydrogen-bond donors (Lipinski definition) is 1. The Balaban J connectivity index is 2.03. The van der Waals surface area contributed by atoms with Crippen LogP contribution in [0.4, 0.5) is 8.78 Å². The standard InChI is InChI=1S/C6H8F2S/c7-6(8)3-5(6)1-4(9)2-5/h4,9H,1-3H2. The van der Waals surface area contributed by atoms with E-state index in [1.54, 1.807) is 0 Å². The van der Waals surface area contributed by atoms with Gasteiger partial charge in [-0.2, -0.15) is 12.6 Å². The molecule has 2 aliphatic carbocycles.